The van der Waals surface area contributed by atoms with Crippen molar-refractivity contribution in [2.75, 3.05) is 0 Å². The zero-order chi connectivity index (χ0) is 12.5. The van der Waals surface area contributed by atoms with Crippen molar-refractivity contribution in [2.45, 2.75) is 13.3 Å². The van der Waals surface area contributed by atoms with Gasteiger partial charge in [0, 0.05) is 11.4 Å². The van der Waals surface area contributed by atoms with Gasteiger partial charge in [-0.25, -0.2) is 4.98 Å². The van der Waals surface area contributed by atoms with Gasteiger partial charge in [0.15, 0.2) is 0 Å². The molecule has 1 N–H and O–H groups in total. The Morgan fingerprint density at radius 3 is 2.72 bits per heavy atom. The van der Waals surface area contributed by atoms with E-state index in [9.17, 15) is 0 Å². The minimum absolute atomic E-state index is 0.764. The first-order valence-corrected chi connectivity index (χ1v) is 6.29. The van der Waals surface area contributed by atoms with E-state index in [-0.39, 0.29) is 0 Å². The molecule has 3 heteroatoms. The Balaban J connectivity index is 1.99. The quantitative estimate of drug-likeness (QED) is 0.734. The van der Waals surface area contributed by atoms with Crippen molar-refractivity contribution in [3.8, 4) is 0 Å². The number of nitrogens with zero attached hydrogens (tertiary/aromatic N) is 1. The molecule has 2 nitrogen and oxygen atoms in total. The van der Waals surface area contributed by atoms with Gasteiger partial charge in [-0.2, -0.15) is 0 Å². The van der Waals surface area contributed by atoms with Gasteiger partial charge in [-0.15, -0.1) is 0 Å². The lowest BCUT2D eigenvalue weighted by Gasteiger charge is -1.96. The smallest absolute Gasteiger partial charge is 0.111 e. The summed E-state index contributed by atoms with van der Waals surface area (Å²) in [5.41, 5.74) is 4.29. The molecule has 1 heterocycles. The highest BCUT2D eigenvalue weighted by molar-refractivity contribution is 6.32. The number of hydrogen-bond donors (Lipinski definition) is 1. The average molecular weight is 257 g/mol. The lowest BCUT2D eigenvalue weighted by atomic mass is 10.1. The zero-order valence-electron chi connectivity index (χ0n) is 10.1. The highest BCUT2D eigenvalue weighted by Crippen LogP contribution is 2.22. The number of aryl methyl sites for hydroxylation is 1. The largest absolute Gasteiger partial charge is 0.342 e. The Bertz CT molecular complexity index is 647. The number of nitrogens with one attached hydrogen (secondary N) is 1. The third-order valence-electron chi connectivity index (χ3n) is 3.03. The van der Waals surface area contributed by atoms with E-state index >= 15 is 0 Å². The van der Waals surface area contributed by atoms with Gasteiger partial charge >= 0.3 is 0 Å². The molecular weight excluding hydrogens is 244 g/mol. The van der Waals surface area contributed by atoms with Gasteiger partial charge in [-0.3, -0.25) is 0 Å². The first kappa shape index (κ1) is 11.3. The number of aromatic amines is 1. The van der Waals surface area contributed by atoms with Crippen LogP contribution in [0.3, 0.4) is 0 Å². The number of hydrogen-bond acceptors (Lipinski definition) is 1. The highest BCUT2D eigenvalue weighted by Gasteiger charge is 2.06. The number of rotatable bonds is 2. The van der Waals surface area contributed by atoms with E-state index in [4.69, 9.17) is 11.6 Å². The van der Waals surface area contributed by atoms with Crippen molar-refractivity contribution in [2.24, 2.45) is 0 Å². The fourth-order valence-electron chi connectivity index (χ4n) is 2.07. The van der Waals surface area contributed by atoms with Gasteiger partial charge in [-0.1, -0.05) is 41.9 Å². The number of fused-ring (bicyclic) bond motifs is 1. The second kappa shape index (κ2) is 4.46. The van der Waals surface area contributed by atoms with E-state index in [1.807, 2.05) is 37.3 Å². The van der Waals surface area contributed by atoms with Gasteiger partial charge in [0.1, 0.15) is 5.82 Å². The molecule has 0 aliphatic heterocycles. The predicted octanol–water partition coefficient (Wildman–Crippen LogP) is 4.12. The van der Waals surface area contributed by atoms with Gasteiger partial charge < -0.3 is 4.98 Å². The molecule has 0 fully saturated rings. The van der Waals surface area contributed by atoms with Crippen molar-refractivity contribution in [1.29, 1.82) is 0 Å². The summed E-state index contributed by atoms with van der Waals surface area (Å²) in [6.07, 6.45) is 0.812. The van der Waals surface area contributed by atoms with Crippen molar-refractivity contribution in [3.63, 3.8) is 0 Å². The molecular formula is C15H13ClN2. The first-order chi connectivity index (χ1) is 8.72. The molecule has 2 aromatic carbocycles. The maximum Gasteiger partial charge on any atom is 0.111 e. The molecule has 3 aromatic rings. The van der Waals surface area contributed by atoms with Crippen molar-refractivity contribution >= 4 is 22.6 Å². The summed E-state index contributed by atoms with van der Waals surface area (Å²) in [6, 6.07) is 14.3. The molecule has 0 aliphatic carbocycles. The Morgan fingerprint density at radius 1 is 1.17 bits per heavy atom. The highest BCUT2D eigenvalue weighted by atomic mass is 35.5. The van der Waals surface area contributed by atoms with Gasteiger partial charge in [0.25, 0.3) is 0 Å². The summed E-state index contributed by atoms with van der Waals surface area (Å²) in [5, 5.41) is 0.764. The molecule has 0 aliphatic rings. The molecule has 0 saturated heterocycles. The Morgan fingerprint density at radius 2 is 1.94 bits per heavy atom. The van der Waals surface area contributed by atoms with Crippen LogP contribution in [0.1, 0.15) is 17.0 Å². The van der Waals surface area contributed by atoms with Gasteiger partial charge in [-0.05, 0) is 30.2 Å². The minimum Gasteiger partial charge on any atom is -0.342 e. The second-order valence-corrected chi connectivity index (χ2v) is 4.87. The Kier molecular flexibility index (Phi) is 2.80. The van der Waals surface area contributed by atoms with E-state index in [2.05, 4.69) is 22.1 Å². The zero-order valence-corrected chi connectivity index (χ0v) is 10.8. The third-order valence-corrected chi connectivity index (χ3v) is 3.43. The molecule has 18 heavy (non-hydrogen) atoms. The van der Waals surface area contributed by atoms with Crippen LogP contribution in [0.25, 0.3) is 11.0 Å². The van der Waals surface area contributed by atoms with Crippen LogP contribution in [0.4, 0.5) is 0 Å². The number of H-pyrrole nitrogens is 1. The van der Waals surface area contributed by atoms with Crippen molar-refractivity contribution < 1.29 is 0 Å². The number of imidazole rings is 1. The van der Waals surface area contributed by atoms with Crippen LogP contribution in [0.2, 0.25) is 5.02 Å². The third kappa shape index (κ3) is 2.12. The van der Waals surface area contributed by atoms with Crippen LogP contribution < -0.4 is 0 Å². The van der Waals surface area contributed by atoms with Crippen LogP contribution in [0, 0.1) is 6.92 Å². The summed E-state index contributed by atoms with van der Waals surface area (Å²) in [5.74, 6) is 0.970. The van der Waals surface area contributed by atoms with Crippen molar-refractivity contribution in [1.82, 2.24) is 9.97 Å². The van der Waals surface area contributed by atoms with Crippen LogP contribution in [0.15, 0.2) is 42.5 Å². The maximum atomic E-state index is 6.10. The second-order valence-electron chi connectivity index (χ2n) is 4.46. The SMILES string of the molecule is Cc1cc2[nH]c(Cc3ccccc3)nc2cc1Cl. The van der Waals surface area contributed by atoms with Crippen molar-refractivity contribution in [3.05, 3.63) is 64.4 Å². The topological polar surface area (TPSA) is 28.7 Å². The van der Waals surface area contributed by atoms with Crippen LogP contribution in [0.5, 0.6) is 0 Å². The fraction of sp³-hybridized carbons (Fsp3) is 0.133. The van der Waals surface area contributed by atoms with Gasteiger partial charge in [0.2, 0.25) is 0 Å². The average Bonchev–Trinajstić information content (AvgIpc) is 2.72. The van der Waals surface area contributed by atoms with Crippen LogP contribution in [-0.4, -0.2) is 9.97 Å². The minimum atomic E-state index is 0.764. The lowest BCUT2D eigenvalue weighted by molar-refractivity contribution is 1.04. The number of benzene rings is 2. The first-order valence-electron chi connectivity index (χ1n) is 5.91. The normalized spacial score (nSPS) is 11.0. The van der Waals surface area contributed by atoms with E-state index in [1.54, 1.807) is 0 Å². The molecule has 90 valence electrons. The maximum absolute atomic E-state index is 6.10. The van der Waals surface area contributed by atoms with Gasteiger partial charge in [0.05, 0.1) is 11.0 Å². The van der Waals surface area contributed by atoms with E-state index in [1.165, 1.54) is 5.56 Å². The number of aromatic nitrogens is 2. The molecule has 0 saturated carbocycles. The molecule has 0 bridgehead atoms. The number of halogens is 1. The fourth-order valence-corrected chi connectivity index (χ4v) is 2.22. The predicted molar refractivity (Wildman–Crippen MR) is 75.1 cm³/mol. The van der Waals surface area contributed by atoms with E-state index < -0.39 is 0 Å². The van der Waals surface area contributed by atoms with Crippen LogP contribution in [-0.2, 0) is 6.42 Å². The van der Waals surface area contributed by atoms with E-state index in [0.717, 1.165) is 33.9 Å². The molecule has 0 spiro atoms. The molecule has 0 amide bonds. The standard InChI is InChI=1S/C15H13ClN2/c1-10-7-13-14(9-12(10)16)18-15(17-13)8-11-5-3-2-4-6-11/h2-7,9H,8H2,1H3,(H,17,18). The lowest BCUT2D eigenvalue weighted by Crippen LogP contribution is -1.89. The Labute approximate surface area is 111 Å². The summed E-state index contributed by atoms with van der Waals surface area (Å²) < 4.78 is 0. The monoisotopic (exact) mass is 256 g/mol. The Hall–Kier alpha value is -1.80. The van der Waals surface area contributed by atoms with E-state index in [0.29, 0.717) is 0 Å². The molecule has 1 aromatic heterocycles. The molecule has 0 atom stereocenters. The van der Waals surface area contributed by atoms with Crippen LogP contribution >= 0.6 is 11.6 Å². The molecule has 0 radical (unpaired) electrons. The summed E-state index contributed by atoms with van der Waals surface area (Å²) >= 11 is 6.10. The summed E-state index contributed by atoms with van der Waals surface area (Å²) in [4.78, 5) is 7.91. The molecule has 0 unspecified atom stereocenters. The summed E-state index contributed by atoms with van der Waals surface area (Å²) in [6.45, 7) is 2.00. The molecule has 3 rings (SSSR count). The summed E-state index contributed by atoms with van der Waals surface area (Å²) in [7, 11) is 0.